The minimum Gasteiger partial charge on any atom is -0.405 e. The standard InChI is InChI=1S/C24H30O3Si/c1-24(2,3)28(22-12-6-4-7-13-22,23-14-8-5-9-15-23)26-19-21-17-16-20(27-21)11-10-18-25/h4-9,12-15,20-21,25H,16-19H2,1-3H3/t20-,21-/m0/s1. The van der Waals surface area contributed by atoms with Crippen LogP contribution in [0.5, 0.6) is 0 Å². The molecule has 1 heterocycles. The number of aliphatic hydroxyl groups excluding tert-OH is 1. The summed E-state index contributed by atoms with van der Waals surface area (Å²) in [6.45, 7) is 7.28. The molecule has 2 atom stereocenters. The first-order chi connectivity index (χ1) is 13.5. The topological polar surface area (TPSA) is 38.7 Å². The van der Waals surface area contributed by atoms with Crippen molar-refractivity contribution >= 4 is 18.7 Å². The van der Waals surface area contributed by atoms with Crippen LogP contribution in [0, 0.1) is 11.8 Å². The van der Waals surface area contributed by atoms with Crippen molar-refractivity contribution in [3.63, 3.8) is 0 Å². The van der Waals surface area contributed by atoms with Gasteiger partial charge < -0.3 is 14.3 Å². The Bertz CT molecular complexity index is 763. The Morgan fingerprint density at radius 2 is 1.57 bits per heavy atom. The Morgan fingerprint density at radius 3 is 2.07 bits per heavy atom. The molecule has 1 saturated heterocycles. The second-order valence-corrected chi connectivity index (χ2v) is 12.6. The summed E-state index contributed by atoms with van der Waals surface area (Å²) in [7, 11) is -2.52. The lowest BCUT2D eigenvalue weighted by molar-refractivity contribution is 0.0391. The molecule has 1 aliphatic rings. The van der Waals surface area contributed by atoms with Crippen LogP contribution in [0.15, 0.2) is 60.7 Å². The summed E-state index contributed by atoms with van der Waals surface area (Å²) in [4.78, 5) is 0. The van der Waals surface area contributed by atoms with Gasteiger partial charge in [-0.1, -0.05) is 93.3 Å². The fourth-order valence-corrected chi connectivity index (χ4v) is 8.66. The van der Waals surface area contributed by atoms with Gasteiger partial charge in [-0.3, -0.25) is 0 Å². The van der Waals surface area contributed by atoms with Crippen LogP contribution in [0.4, 0.5) is 0 Å². The molecule has 0 spiro atoms. The molecule has 4 heteroatoms. The summed E-state index contributed by atoms with van der Waals surface area (Å²) in [6, 6.07) is 21.3. The van der Waals surface area contributed by atoms with E-state index in [-0.39, 0.29) is 23.9 Å². The molecule has 28 heavy (non-hydrogen) atoms. The van der Waals surface area contributed by atoms with E-state index < -0.39 is 8.32 Å². The molecule has 1 aliphatic heterocycles. The quantitative estimate of drug-likeness (QED) is 0.626. The number of aliphatic hydroxyl groups is 1. The lowest BCUT2D eigenvalue weighted by Crippen LogP contribution is -2.67. The van der Waals surface area contributed by atoms with E-state index in [0.717, 1.165) is 12.8 Å². The molecule has 2 aromatic rings. The summed E-state index contributed by atoms with van der Waals surface area (Å²) >= 11 is 0. The van der Waals surface area contributed by atoms with E-state index >= 15 is 0 Å². The minimum atomic E-state index is -2.52. The van der Waals surface area contributed by atoms with Crippen molar-refractivity contribution in [3.05, 3.63) is 60.7 Å². The first kappa shape index (κ1) is 20.8. The second-order valence-electron chi connectivity index (χ2n) is 8.28. The third-order valence-electron chi connectivity index (χ3n) is 5.35. The summed E-state index contributed by atoms with van der Waals surface area (Å²) in [6.07, 6.45) is 1.77. The second kappa shape index (κ2) is 9.06. The zero-order chi connectivity index (χ0) is 20.0. The van der Waals surface area contributed by atoms with Crippen LogP contribution < -0.4 is 10.4 Å². The normalized spacial score (nSPS) is 19.9. The smallest absolute Gasteiger partial charge is 0.261 e. The van der Waals surface area contributed by atoms with Gasteiger partial charge in [0.05, 0.1) is 12.7 Å². The highest BCUT2D eigenvalue weighted by atomic mass is 28.4. The lowest BCUT2D eigenvalue weighted by atomic mass is 10.2. The van der Waals surface area contributed by atoms with Crippen molar-refractivity contribution in [1.82, 2.24) is 0 Å². The van der Waals surface area contributed by atoms with Gasteiger partial charge in [-0.05, 0) is 28.3 Å². The molecule has 3 nitrogen and oxygen atoms in total. The average Bonchev–Trinajstić information content (AvgIpc) is 3.15. The molecule has 0 aromatic heterocycles. The Hall–Kier alpha value is -1.90. The maximum absolute atomic E-state index is 8.90. The highest BCUT2D eigenvalue weighted by Gasteiger charge is 2.50. The van der Waals surface area contributed by atoms with Crippen molar-refractivity contribution in [2.75, 3.05) is 13.2 Å². The zero-order valence-corrected chi connectivity index (χ0v) is 18.0. The summed E-state index contributed by atoms with van der Waals surface area (Å²) < 4.78 is 13.0. The van der Waals surface area contributed by atoms with Crippen molar-refractivity contribution in [2.24, 2.45) is 0 Å². The average molecular weight is 395 g/mol. The minimum absolute atomic E-state index is 0.0373. The highest BCUT2D eigenvalue weighted by molar-refractivity contribution is 6.99. The van der Waals surface area contributed by atoms with Crippen LogP contribution in [-0.4, -0.2) is 38.8 Å². The molecular formula is C24H30O3Si. The van der Waals surface area contributed by atoms with Gasteiger partial charge in [0, 0.05) is 0 Å². The fraction of sp³-hybridized carbons (Fsp3) is 0.417. The Labute approximate surface area is 169 Å². The van der Waals surface area contributed by atoms with Crippen LogP contribution in [0.3, 0.4) is 0 Å². The number of hydrogen-bond acceptors (Lipinski definition) is 3. The van der Waals surface area contributed by atoms with E-state index in [4.69, 9.17) is 14.3 Å². The molecule has 1 fully saturated rings. The molecule has 1 N–H and O–H groups in total. The molecule has 148 valence electrons. The van der Waals surface area contributed by atoms with Gasteiger partial charge in [-0.25, -0.2) is 0 Å². The third kappa shape index (κ3) is 4.39. The molecule has 3 rings (SSSR count). The lowest BCUT2D eigenvalue weighted by Gasteiger charge is -2.43. The van der Waals surface area contributed by atoms with Crippen LogP contribution in [0.2, 0.25) is 5.04 Å². The number of ether oxygens (including phenoxy) is 1. The van der Waals surface area contributed by atoms with Gasteiger partial charge in [0.1, 0.15) is 12.7 Å². The summed E-state index contributed by atoms with van der Waals surface area (Å²) in [5.41, 5.74) is 0. The highest BCUT2D eigenvalue weighted by Crippen LogP contribution is 2.37. The van der Waals surface area contributed by atoms with Crippen molar-refractivity contribution in [1.29, 1.82) is 0 Å². The number of hydrogen-bond donors (Lipinski definition) is 1. The molecule has 0 saturated carbocycles. The molecule has 0 bridgehead atoms. The van der Waals surface area contributed by atoms with Gasteiger partial charge in [0.2, 0.25) is 0 Å². The van der Waals surface area contributed by atoms with Gasteiger partial charge in [-0.15, -0.1) is 0 Å². The molecule has 2 aromatic carbocycles. The third-order valence-corrected chi connectivity index (χ3v) is 10.4. The molecule has 0 aliphatic carbocycles. The van der Waals surface area contributed by atoms with Gasteiger partial charge in [-0.2, -0.15) is 0 Å². The van der Waals surface area contributed by atoms with Crippen LogP contribution in [0.1, 0.15) is 33.6 Å². The fourth-order valence-electron chi connectivity index (χ4n) is 4.07. The monoisotopic (exact) mass is 394 g/mol. The SMILES string of the molecule is CC(C)(C)[Si](OC[C@@H]1CC[C@H](C#CCO)O1)(c1ccccc1)c1ccccc1. The maximum atomic E-state index is 8.90. The predicted molar refractivity (Wildman–Crippen MR) is 116 cm³/mol. The van der Waals surface area contributed by atoms with Crippen LogP contribution >= 0.6 is 0 Å². The zero-order valence-electron chi connectivity index (χ0n) is 17.0. The summed E-state index contributed by atoms with van der Waals surface area (Å²) in [5.74, 6) is 5.69. The predicted octanol–water partition coefficient (Wildman–Crippen LogP) is 3.11. The summed E-state index contributed by atoms with van der Waals surface area (Å²) in [5, 5.41) is 11.4. The Balaban J connectivity index is 1.91. The maximum Gasteiger partial charge on any atom is 0.261 e. The molecule has 0 radical (unpaired) electrons. The van der Waals surface area contributed by atoms with Crippen molar-refractivity contribution in [2.45, 2.75) is 50.9 Å². The van der Waals surface area contributed by atoms with Crippen molar-refractivity contribution < 1.29 is 14.3 Å². The van der Waals surface area contributed by atoms with E-state index in [1.807, 2.05) is 0 Å². The van der Waals surface area contributed by atoms with E-state index in [1.54, 1.807) is 0 Å². The largest absolute Gasteiger partial charge is 0.405 e. The molecule has 0 unspecified atom stereocenters. The first-order valence-corrected chi connectivity index (χ1v) is 11.9. The van der Waals surface area contributed by atoms with Crippen LogP contribution in [-0.2, 0) is 9.16 Å². The van der Waals surface area contributed by atoms with E-state index in [2.05, 4.69) is 93.3 Å². The van der Waals surface area contributed by atoms with Crippen molar-refractivity contribution in [3.8, 4) is 11.8 Å². The Morgan fingerprint density at radius 1 is 1.00 bits per heavy atom. The van der Waals surface area contributed by atoms with Gasteiger partial charge >= 0.3 is 0 Å². The molecule has 0 amide bonds. The van der Waals surface area contributed by atoms with E-state index in [9.17, 15) is 0 Å². The van der Waals surface area contributed by atoms with Gasteiger partial charge in [0.25, 0.3) is 8.32 Å². The van der Waals surface area contributed by atoms with Crippen LogP contribution in [0.25, 0.3) is 0 Å². The van der Waals surface area contributed by atoms with Gasteiger partial charge in [0.15, 0.2) is 0 Å². The van der Waals surface area contributed by atoms with E-state index in [0.29, 0.717) is 6.61 Å². The number of rotatable bonds is 5. The first-order valence-electron chi connectivity index (χ1n) is 9.97. The molecular weight excluding hydrogens is 364 g/mol. The van der Waals surface area contributed by atoms with E-state index in [1.165, 1.54) is 10.4 Å². The number of benzene rings is 2. The Kier molecular flexibility index (Phi) is 6.74.